The number of amides is 2. The number of carbonyl (C=O) groups is 2. The van der Waals surface area contributed by atoms with Gasteiger partial charge in [-0.05, 0) is 70.0 Å². The van der Waals surface area contributed by atoms with Crippen molar-refractivity contribution in [1.82, 2.24) is 34.2 Å². The first-order valence-corrected chi connectivity index (χ1v) is 19.0. The fourth-order valence-electron chi connectivity index (χ4n) is 7.67. The van der Waals surface area contributed by atoms with Crippen molar-refractivity contribution < 1.29 is 27.9 Å². The third-order valence-corrected chi connectivity index (χ3v) is 11.9. The molecule has 272 valence electrons. The molecule has 5 atom stereocenters. The van der Waals surface area contributed by atoms with Crippen molar-refractivity contribution in [1.29, 1.82) is 0 Å². The van der Waals surface area contributed by atoms with Crippen LogP contribution in [0.25, 0.3) is 10.9 Å². The van der Waals surface area contributed by atoms with Crippen LogP contribution in [0.5, 0.6) is 0 Å². The van der Waals surface area contributed by atoms with Crippen LogP contribution >= 0.6 is 0 Å². The second-order valence-electron chi connectivity index (χ2n) is 14.2. The lowest BCUT2D eigenvalue weighted by atomic mass is 9.96. The average molecular weight is 704 g/mol. The summed E-state index contributed by atoms with van der Waals surface area (Å²) in [7, 11) is 1.03. The van der Waals surface area contributed by atoms with E-state index in [-0.39, 0.29) is 59.7 Å². The van der Waals surface area contributed by atoms with Gasteiger partial charge in [0.2, 0.25) is 10.0 Å². The van der Waals surface area contributed by atoms with Crippen molar-refractivity contribution >= 4 is 32.9 Å². The van der Waals surface area contributed by atoms with Crippen molar-refractivity contribution in [2.75, 3.05) is 66.4 Å². The van der Waals surface area contributed by atoms with E-state index in [9.17, 15) is 27.9 Å². The predicted octanol–water partition coefficient (Wildman–Crippen LogP) is 1.25. The number of fused-ring (bicyclic) bond motifs is 3. The van der Waals surface area contributed by atoms with Gasteiger partial charge in [0.1, 0.15) is 11.4 Å². The molecule has 3 N–H and O–H groups in total. The monoisotopic (exact) mass is 703 g/mol. The Kier molecular flexibility index (Phi) is 12.0. The molecule has 15 heteroatoms. The van der Waals surface area contributed by atoms with E-state index in [0.717, 1.165) is 49.6 Å². The standard InChI is InChI=1S/C34H53N7O7S/c1-23(2)41-31-9-7-6-8-24(31)16-30(33(41)44)32(43)36-26-17-27-10-11-28(18-26)40(27)21-29(42)20-39(34(45)48-5)15-14-38-13-12-25(19-38)35-22-49(46,47)37(3)4/h6-9,16,23,25-29,35,42H,10-15,17-22H2,1-5H3,(H,36,43)/t25?,26?,27-,28+,29?. The Morgan fingerprint density at radius 2 is 1.78 bits per heavy atom. The second kappa shape index (κ2) is 15.9. The number of aliphatic hydroxyl groups excluding tert-OH is 1. The number of piperidine rings is 1. The summed E-state index contributed by atoms with van der Waals surface area (Å²) in [5.41, 5.74) is 0.669. The minimum Gasteiger partial charge on any atom is -0.453 e. The zero-order valence-electron chi connectivity index (χ0n) is 29.4. The Bertz CT molecular complexity index is 1630. The Hall–Kier alpha value is -3.08. The van der Waals surface area contributed by atoms with E-state index in [1.165, 1.54) is 30.4 Å². The van der Waals surface area contributed by atoms with Crippen molar-refractivity contribution in [3.8, 4) is 0 Å². The smallest absolute Gasteiger partial charge is 0.409 e. The van der Waals surface area contributed by atoms with Gasteiger partial charge in [-0.15, -0.1) is 0 Å². The summed E-state index contributed by atoms with van der Waals surface area (Å²) < 4.78 is 32.1. The maximum atomic E-state index is 13.5. The molecule has 4 heterocycles. The molecule has 1 aromatic carbocycles. The topological polar surface area (TPSA) is 157 Å². The fourth-order valence-corrected chi connectivity index (χ4v) is 8.38. The number of hydrogen-bond acceptors (Lipinski definition) is 10. The summed E-state index contributed by atoms with van der Waals surface area (Å²) in [5, 5.41) is 18.3. The van der Waals surface area contributed by atoms with E-state index in [4.69, 9.17) is 4.74 Å². The second-order valence-corrected chi connectivity index (χ2v) is 16.4. The number of ether oxygens (including phenoxy) is 1. The van der Waals surface area contributed by atoms with Crippen LogP contribution in [0.15, 0.2) is 35.1 Å². The van der Waals surface area contributed by atoms with E-state index in [0.29, 0.717) is 26.2 Å². The third kappa shape index (κ3) is 8.81. The number of benzene rings is 1. The number of carbonyl (C=O) groups excluding carboxylic acids is 2. The first-order chi connectivity index (χ1) is 23.3. The molecule has 0 radical (unpaired) electrons. The number of rotatable bonds is 14. The minimum atomic E-state index is -3.33. The number of nitrogens with zero attached hydrogens (tertiary/aromatic N) is 5. The number of para-hydroxylation sites is 1. The van der Waals surface area contributed by atoms with E-state index in [2.05, 4.69) is 20.4 Å². The minimum absolute atomic E-state index is 0.0430. The molecular weight excluding hydrogens is 650 g/mol. The normalized spacial score (nSPS) is 23.8. The largest absolute Gasteiger partial charge is 0.453 e. The molecule has 3 fully saturated rings. The Labute approximate surface area is 289 Å². The number of likely N-dealkylation sites (tertiary alicyclic amines) is 1. The predicted molar refractivity (Wildman–Crippen MR) is 188 cm³/mol. The third-order valence-electron chi connectivity index (χ3n) is 10.3. The van der Waals surface area contributed by atoms with Crippen LogP contribution < -0.4 is 16.2 Å². The van der Waals surface area contributed by atoms with Gasteiger partial charge >= 0.3 is 6.09 Å². The van der Waals surface area contributed by atoms with Gasteiger partial charge in [-0.25, -0.2) is 17.5 Å². The quantitative estimate of drug-likeness (QED) is 0.262. The summed E-state index contributed by atoms with van der Waals surface area (Å²) in [6.45, 7) is 6.82. The van der Waals surface area contributed by atoms with Gasteiger partial charge < -0.3 is 24.6 Å². The van der Waals surface area contributed by atoms with Crippen LogP contribution in [-0.4, -0.2) is 146 Å². The first-order valence-electron chi connectivity index (χ1n) is 17.3. The van der Waals surface area contributed by atoms with E-state index in [1.54, 1.807) is 10.6 Å². The molecule has 3 aliphatic rings. The number of nitrogens with one attached hydrogen (secondary N) is 2. The van der Waals surface area contributed by atoms with E-state index >= 15 is 0 Å². The average Bonchev–Trinajstić information content (AvgIpc) is 3.60. The van der Waals surface area contributed by atoms with Gasteiger partial charge in [-0.2, -0.15) is 0 Å². The van der Waals surface area contributed by atoms with Gasteiger partial charge in [0.15, 0.2) is 0 Å². The first kappa shape index (κ1) is 37.2. The lowest BCUT2D eigenvalue weighted by molar-refractivity contribution is 0.0301. The highest BCUT2D eigenvalue weighted by Gasteiger charge is 2.42. The Morgan fingerprint density at radius 3 is 2.43 bits per heavy atom. The molecular formula is C34H53N7O7S. The van der Waals surface area contributed by atoms with Crippen molar-refractivity contribution in [3.05, 3.63) is 46.2 Å². The van der Waals surface area contributed by atoms with Gasteiger partial charge in [0.05, 0.1) is 25.3 Å². The molecule has 3 saturated heterocycles. The number of hydrogen-bond donors (Lipinski definition) is 3. The maximum Gasteiger partial charge on any atom is 0.409 e. The number of pyridine rings is 1. The van der Waals surface area contributed by atoms with Crippen molar-refractivity contribution in [2.24, 2.45) is 0 Å². The van der Waals surface area contributed by atoms with Crippen LogP contribution in [0.2, 0.25) is 0 Å². The van der Waals surface area contributed by atoms with Crippen LogP contribution in [-0.2, 0) is 14.8 Å². The van der Waals surface area contributed by atoms with E-state index in [1.807, 2.05) is 38.1 Å². The van der Waals surface area contributed by atoms with Gasteiger partial charge in [0, 0.05) is 70.5 Å². The molecule has 0 saturated carbocycles. The maximum absolute atomic E-state index is 13.5. The summed E-state index contributed by atoms with van der Waals surface area (Å²) >= 11 is 0. The zero-order valence-corrected chi connectivity index (χ0v) is 30.2. The number of sulfonamides is 1. The Morgan fingerprint density at radius 1 is 1.08 bits per heavy atom. The summed E-state index contributed by atoms with van der Waals surface area (Å²) in [6, 6.07) is 9.53. The molecule has 0 aliphatic carbocycles. The Balaban J connectivity index is 1.13. The number of aliphatic hydroxyl groups is 1. The van der Waals surface area contributed by atoms with Crippen molar-refractivity contribution in [2.45, 2.75) is 82.3 Å². The van der Waals surface area contributed by atoms with Crippen LogP contribution in [0, 0.1) is 0 Å². The molecule has 2 bridgehead atoms. The number of aromatic nitrogens is 1. The highest BCUT2D eigenvalue weighted by Crippen LogP contribution is 2.36. The SMILES string of the molecule is COC(=O)N(CCN1CCC(NCS(=O)(=O)N(C)C)C1)CC(O)CN1[C@@H]2CC[C@H]1CC(NC(=O)c1cc3ccccc3n(C(C)C)c1=O)C2. The summed E-state index contributed by atoms with van der Waals surface area (Å²) in [5.74, 6) is -0.468. The fraction of sp³-hybridized carbons (Fsp3) is 0.676. The van der Waals surface area contributed by atoms with Crippen molar-refractivity contribution in [3.63, 3.8) is 0 Å². The van der Waals surface area contributed by atoms with Crippen LogP contribution in [0.1, 0.15) is 62.4 Å². The lowest BCUT2D eigenvalue weighted by Gasteiger charge is -2.40. The lowest BCUT2D eigenvalue weighted by Crippen LogP contribution is -2.54. The highest BCUT2D eigenvalue weighted by atomic mass is 32.2. The highest BCUT2D eigenvalue weighted by molar-refractivity contribution is 7.89. The molecule has 3 aliphatic heterocycles. The summed E-state index contributed by atoms with van der Waals surface area (Å²) in [6.07, 6.45) is 2.88. The molecule has 3 unspecified atom stereocenters. The molecule has 0 spiro atoms. The van der Waals surface area contributed by atoms with Gasteiger partial charge in [-0.3, -0.25) is 24.7 Å². The van der Waals surface area contributed by atoms with Crippen LogP contribution in [0.4, 0.5) is 4.79 Å². The zero-order chi connectivity index (χ0) is 35.5. The van der Waals surface area contributed by atoms with E-state index < -0.39 is 22.2 Å². The van der Waals surface area contributed by atoms with Crippen LogP contribution in [0.3, 0.4) is 0 Å². The summed E-state index contributed by atoms with van der Waals surface area (Å²) in [4.78, 5) is 45.5. The molecule has 14 nitrogen and oxygen atoms in total. The van der Waals surface area contributed by atoms with Gasteiger partial charge in [0.25, 0.3) is 11.5 Å². The molecule has 49 heavy (non-hydrogen) atoms. The molecule has 2 amide bonds. The molecule has 5 rings (SSSR count). The van der Waals surface area contributed by atoms with Gasteiger partial charge in [-0.1, -0.05) is 18.2 Å². The number of methoxy groups -OCH3 is 1. The molecule has 1 aromatic heterocycles. The molecule has 2 aromatic rings.